The van der Waals surface area contributed by atoms with Crippen LogP contribution in [0.4, 0.5) is 5.82 Å². The van der Waals surface area contributed by atoms with Gasteiger partial charge in [-0.3, -0.25) is 4.79 Å². The molecular formula is C18H26N4O2. The highest BCUT2D eigenvalue weighted by Crippen LogP contribution is 2.39. The van der Waals surface area contributed by atoms with E-state index in [0.29, 0.717) is 18.4 Å². The van der Waals surface area contributed by atoms with Crippen molar-refractivity contribution in [3.05, 3.63) is 17.6 Å². The van der Waals surface area contributed by atoms with Crippen molar-refractivity contribution in [2.24, 2.45) is 17.6 Å². The first-order valence-electron chi connectivity index (χ1n) is 9.13. The number of amides is 1. The number of ether oxygens (including phenoxy) is 1. The topological polar surface area (TPSA) is 81.3 Å². The molecule has 3 aliphatic rings. The molecule has 1 amide bonds. The van der Waals surface area contributed by atoms with Gasteiger partial charge in [0.25, 0.3) is 0 Å². The third kappa shape index (κ3) is 3.11. The minimum absolute atomic E-state index is 0.0128. The minimum Gasteiger partial charge on any atom is -0.377 e. The van der Waals surface area contributed by atoms with Crippen molar-refractivity contribution >= 4 is 11.7 Å². The summed E-state index contributed by atoms with van der Waals surface area (Å²) in [7, 11) is 0. The van der Waals surface area contributed by atoms with E-state index in [1.165, 1.54) is 12.8 Å². The molecule has 0 unspecified atom stereocenters. The van der Waals surface area contributed by atoms with E-state index in [1.807, 2.05) is 6.92 Å². The summed E-state index contributed by atoms with van der Waals surface area (Å²) < 4.78 is 5.84. The Labute approximate surface area is 142 Å². The van der Waals surface area contributed by atoms with E-state index >= 15 is 0 Å². The van der Waals surface area contributed by atoms with Gasteiger partial charge in [0, 0.05) is 37.4 Å². The van der Waals surface area contributed by atoms with Crippen LogP contribution in [-0.4, -0.2) is 41.7 Å². The molecule has 1 aromatic rings. The number of aryl methyl sites for hydroxylation is 1. The summed E-state index contributed by atoms with van der Waals surface area (Å²) in [6.45, 7) is 4.62. The van der Waals surface area contributed by atoms with Crippen molar-refractivity contribution < 1.29 is 9.53 Å². The Balaban J connectivity index is 1.42. The third-order valence-electron chi connectivity index (χ3n) is 5.63. The van der Waals surface area contributed by atoms with Gasteiger partial charge in [0.2, 0.25) is 5.91 Å². The summed E-state index contributed by atoms with van der Waals surface area (Å²) in [4.78, 5) is 23.3. The molecule has 1 aromatic heterocycles. The molecule has 24 heavy (non-hydrogen) atoms. The van der Waals surface area contributed by atoms with Crippen molar-refractivity contribution in [3.8, 4) is 0 Å². The van der Waals surface area contributed by atoms with Crippen LogP contribution in [0.3, 0.4) is 0 Å². The Morgan fingerprint density at radius 3 is 2.62 bits per heavy atom. The first-order valence-corrected chi connectivity index (χ1v) is 9.13. The van der Waals surface area contributed by atoms with Crippen LogP contribution in [0.25, 0.3) is 0 Å². The molecule has 6 nitrogen and oxygen atoms in total. The highest BCUT2D eigenvalue weighted by molar-refractivity contribution is 5.77. The predicted octanol–water partition coefficient (Wildman–Crippen LogP) is 1.77. The number of hydrogen-bond donors (Lipinski definition) is 1. The Morgan fingerprint density at radius 1 is 1.21 bits per heavy atom. The van der Waals surface area contributed by atoms with Crippen LogP contribution >= 0.6 is 0 Å². The molecule has 2 N–H and O–H groups in total. The number of piperidine rings is 1. The van der Waals surface area contributed by atoms with Crippen molar-refractivity contribution in [1.29, 1.82) is 0 Å². The first kappa shape index (κ1) is 15.8. The molecule has 4 rings (SSSR count). The maximum absolute atomic E-state index is 11.6. The van der Waals surface area contributed by atoms with E-state index in [-0.39, 0.29) is 17.9 Å². The van der Waals surface area contributed by atoms with Gasteiger partial charge in [-0.15, -0.1) is 0 Å². The summed E-state index contributed by atoms with van der Waals surface area (Å²) in [6, 6.07) is 2.09. The molecule has 0 bridgehead atoms. The molecule has 3 fully saturated rings. The van der Waals surface area contributed by atoms with E-state index in [1.54, 1.807) is 0 Å². The van der Waals surface area contributed by atoms with Gasteiger partial charge in [0.05, 0.1) is 12.0 Å². The van der Waals surface area contributed by atoms with Gasteiger partial charge in [-0.25, -0.2) is 9.97 Å². The molecule has 3 heterocycles. The van der Waals surface area contributed by atoms with Gasteiger partial charge < -0.3 is 15.4 Å². The minimum atomic E-state index is -0.208. The molecule has 0 radical (unpaired) electrons. The number of rotatable bonds is 4. The van der Waals surface area contributed by atoms with Gasteiger partial charge in [-0.1, -0.05) is 0 Å². The van der Waals surface area contributed by atoms with E-state index in [9.17, 15) is 4.79 Å². The number of carbonyl (C=O) groups excluding carboxylic acids is 1. The van der Waals surface area contributed by atoms with Crippen LogP contribution in [0.2, 0.25) is 0 Å². The van der Waals surface area contributed by atoms with E-state index in [4.69, 9.17) is 15.5 Å². The molecular weight excluding hydrogens is 304 g/mol. The summed E-state index contributed by atoms with van der Waals surface area (Å²) in [5.41, 5.74) is 6.59. The zero-order valence-corrected chi connectivity index (χ0v) is 14.3. The molecule has 2 aliphatic heterocycles. The van der Waals surface area contributed by atoms with Gasteiger partial charge in [0.15, 0.2) is 0 Å². The SMILES string of the molecule is Cc1cc(N2CCC([C@H]3OCC[C@@H]3C(N)=O)CC2)nc(C2CC2)n1. The predicted molar refractivity (Wildman–Crippen MR) is 90.7 cm³/mol. The second-order valence-corrected chi connectivity index (χ2v) is 7.46. The highest BCUT2D eigenvalue weighted by Gasteiger charge is 2.39. The Bertz CT molecular complexity index is 623. The fraction of sp³-hybridized carbons (Fsp3) is 0.722. The lowest BCUT2D eigenvalue weighted by Crippen LogP contribution is -2.42. The Kier molecular flexibility index (Phi) is 4.16. The molecule has 6 heteroatoms. The average Bonchev–Trinajstić information content (AvgIpc) is 3.31. The van der Waals surface area contributed by atoms with Crippen molar-refractivity contribution in [1.82, 2.24) is 9.97 Å². The van der Waals surface area contributed by atoms with E-state index < -0.39 is 0 Å². The zero-order chi connectivity index (χ0) is 16.7. The van der Waals surface area contributed by atoms with Crippen LogP contribution in [0.1, 0.15) is 49.5 Å². The normalized spacial score (nSPS) is 28.3. The van der Waals surface area contributed by atoms with Crippen LogP contribution in [0, 0.1) is 18.8 Å². The lowest BCUT2D eigenvalue weighted by atomic mass is 9.84. The molecule has 0 spiro atoms. The molecule has 2 atom stereocenters. The van der Waals surface area contributed by atoms with E-state index in [0.717, 1.165) is 49.7 Å². The standard InChI is InChI=1S/C18H26N4O2/c1-11-10-15(21-18(20-11)13-2-3-13)22-7-4-12(5-8-22)16-14(17(19)23)6-9-24-16/h10,12-14,16H,2-9H2,1H3,(H2,19,23)/t14-,16+/m0/s1. The summed E-state index contributed by atoms with van der Waals surface area (Å²) >= 11 is 0. The van der Waals surface area contributed by atoms with Crippen LogP contribution in [0.5, 0.6) is 0 Å². The van der Waals surface area contributed by atoms with Crippen LogP contribution in [0.15, 0.2) is 6.07 Å². The Morgan fingerprint density at radius 2 is 1.96 bits per heavy atom. The highest BCUT2D eigenvalue weighted by atomic mass is 16.5. The largest absolute Gasteiger partial charge is 0.377 e. The first-order chi connectivity index (χ1) is 11.6. The number of primary amides is 1. The van der Waals surface area contributed by atoms with Gasteiger partial charge in [-0.05, 0) is 44.9 Å². The fourth-order valence-electron chi connectivity index (χ4n) is 4.10. The smallest absolute Gasteiger partial charge is 0.223 e. The third-order valence-corrected chi connectivity index (χ3v) is 5.63. The summed E-state index contributed by atoms with van der Waals surface area (Å²) in [5, 5.41) is 0. The lowest BCUT2D eigenvalue weighted by molar-refractivity contribution is -0.124. The number of nitrogens with zero attached hydrogens (tertiary/aromatic N) is 3. The zero-order valence-electron chi connectivity index (χ0n) is 14.3. The van der Waals surface area contributed by atoms with Crippen LogP contribution in [-0.2, 0) is 9.53 Å². The van der Waals surface area contributed by atoms with Gasteiger partial charge in [0.1, 0.15) is 11.6 Å². The number of hydrogen-bond acceptors (Lipinski definition) is 5. The molecule has 1 aliphatic carbocycles. The number of nitrogens with two attached hydrogens (primary N) is 1. The van der Waals surface area contributed by atoms with Crippen LogP contribution < -0.4 is 10.6 Å². The molecule has 0 aromatic carbocycles. The number of aromatic nitrogens is 2. The summed E-state index contributed by atoms with van der Waals surface area (Å²) in [6.07, 6.45) is 5.28. The number of anilines is 1. The molecule has 130 valence electrons. The number of carbonyl (C=O) groups is 1. The average molecular weight is 330 g/mol. The van der Waals surface area contributed by atoms with Crippen molar-refractivity contribution in [3.63, 3.8) is 0 Å². The van der Waals surface area contributed by atoms with Gasteiger partial charge in [-0.2, -0.15) is 0 Å². The maximum Gasteiger partial charge on any atom is 0.223 e. The molecule has 1 saturated carbocycles. The Hall–Kier alpha value is -1.69. The summed E-state index contributed by atoms with van der Waals surface area (Å²) in [5.74, 6) is 2.75. The molecule has 2 saturated heterocycles. The second-order valence-electron chi connectivity index (χ2n) is 7.46. The fourth-order valence-corrected chi connectivity index (χ4v) is 4.10. The second kappa shape index (κ2) is 6.31. The van der Waals surface area contributed by atoms with E-state index in [2.05, 4.69) is 16.0 Å². The quantitative estimate of drug-likeness (QED) is 0.910. The van der Waals surface area contributed by atoms with Crippen molar-refractivity contribution in [2.75, 3.05) is 24.6 Å². The lowest BCUT2D eigenvalue weighted by Gasteiger charge is -2.36. The monoisotopic (exact) mass is 330 g/mol. The maximum atomic E-state index is 11.6. The van der Waals surface area contributed by atoms with Gasteiger partial charge >= 0.3 is 0 Å². The van der Waals surface area contributed by atoms with Crippen molar-refractivity contribution in [2.45, 2.75) is 51.0 Å².